The predicted molar refractivity (Wildman–Crippen MR) is 66.9 cm³/mol. The molecule has 1 heterocycles. The van der Waals surface area contributed by atoms with Crippen LogP contribution in [0.2, 0.25) is 0 Å². The molecule has 1 unspecified atom stereocenters. The van der Waals surface area contributed by atoms with Crippen LogP contribution in [0.1, 0.15) is 37.4 Å². The zero-order valence-electron chi connectivity index (χ0n) is 10.4. The number of aryl methyl sites for hydroxylation is 1. The molecule has 88 valence electrons. The molecule has 1 aromatic carbocycles. The van der Waals surface area contributed by atoms with Gasteiger partial charge in [0, 0.05) is 18.0 Å². The molecule has 1 N–H and O–H groups in total. The molecule has 1 atom stereocenters. The maximum absolute atomic E-state index is 5.68. The second-order valence-electron chi connectivity index (χ2n) is 5.03. The highest BCUT2D eigenvalue weighted by atomic mass is 16.5. The number of fused-ring (bicyclic) bond motifs is 1. The lowest BCUT2D eigenvalue weighted by atomic mass is 9.98. The van der Waals surface area contributed by atoms with Crippen LogP contribution in [-0.2, 0) is 0 Å². The van der Waals surface area contributed by atoms with Gasteiger partial charge in [-0.1, -0.05) is 31.5 Å². The molecule has 2 rings (SSSR count). The van der Waals surface area contributed by atoms with Crippen LogP contribution < -0.4 is 10.1 Å². The van der Waals surface area contributed by atoms with Gasteiger partial charge in [-0.05, 0) is 25.5 Å². The first kappa shape index (κ1) is 11.5. The normalized spacial score (nSPS) is 19.4. The number of benzene rings is 1. The van der Waals surface area contributed by atoms with Crippen LogP contribution in [0.15, 0.2) is 18.2 Å². The minimum atomic E-state index is 0.464. The Morgan fingerprint density at radius 1 is 1.44 bits per heavy atom. The molecule has 0 spiro atoms. The van der Waals surface area contributed by atoms with E-state index in [2.05, 4.69) is 44.3 Å². The molecule has 1 aliphatic rings. The molecule has 0 aromatic heterocycles. The van der Waals surface area contributed by atoms with Crippen molar-refractivity contribution in [2.45, 2.75) is 33.2 Å². The van der Waals surface area contributed by atoms with Gasteiger partial charge in [-0.15, -0.1) is 0 Å². The third kappa shape index (κ3) is 2.56. The van der Waals surface area contributed by atoms with Crippen LogP contribution >= 0.6 is 0 Å². The molecule has 0 fully saturated rings. The SMILES string of the molecule is Cc1ccc2c(c1)C(NCC(C)C)CCO2. The molecule has 16 heavy (non-hydrogen) atoms. The molecule has 0 bridgehead atoms. The minimum Gasteiger partial charge on any atom is -0.493 e. The number of nitrogens with one attached hydrogen (secondary N) is 1. The molecule has 0 saturated heterocycles. The number of rotatable bonds is 3. The smallest absolute Gasteiger partial charge is 0.124 e. The number of hydrogen-bond acceptors (Lipinski definition) is 2. The van der Waals surface area contributed by atoms with Crippen molar-refractivity contribution in [3.63, 3.8) is 0 Å². The van der Waals surface area contributed by atoms with E-state index in [1.807, 2.05) is 0 Å². The highest BCUT2D eigenvalue weighted by Gasteiger charge is 2.20. The molecule has 0 radical (unpaired) electrons. The van der Waals surface area contributed by atoms with E-state index in [0.717, 1.165) is 25.3 Å². The van der Waals surface area contributed by atoms with Gasteiger partial charge in [-0.2, -0.15) is 0 Å². The Balaban J connectivity index is 2.15. The molecule has 0 aliphatic carbocycles. The van der Waals surface area contributed by atoms with Crippen molar-refractivity contribution in [3.8, 4) is 5.75 Å². The van der Waals surface area contributed by atoms with Gasteiger partial charge in [0.2, 0.25) is 0 Å². The summed E-state index contributed by atoms with van der Waals surface area (Å²) in [4.78, 5) is 0. The largest absolute Gasteiger partial charge is 0.493 e. The summed E-state index contributed by atoms with van der Waals surface area (Å²) in [5.74, 6) is 1.74. The van der Waals surface area contributed by atoms with Crippen LogP contribution in [0.25, 0.3) is 0 Å². The minimum absolute atomic E-state index is 0.464. The van der Waals surface area contributed by atoms with Crippen molar-refractivity contribution in [3.05, 3.63) is 29.3 Å². The zero-order valence-corrected chi connectivity index (χ0v) is 10.4. The fourth-order valence-electron chi connectivity index (χ4n) is 2.10. The van der Waals surface area contributed by atoms with Gasteiger partial charge in [-0.25, -0.2) is 0 Å². The molecule has 2 nitrogen and oxygen atoms in total. The van der Waals surface area contributed by atoms with Crippen molar-refractivity contribution in [2.75, 3.05) is 13.2 Å². The number of ether oxygens (including phenoxy) is 1. The summed E-state index contributed by atoms with van der Waals surface area (Å²) in [6.45, 7) is 8.51. The van der Waals surface area contributed by atoms with Crippen LogP contribution in [0.4, 0.5) is 0 Å². The fraction of sp³-hybridized carbons (Fsp3) is 0.571. The van der Waals surface area contributed by atoms with Crippen LogP contribution in [-0.4, -0.2) is 13.2 Å². The maximum Gasteiger partial charge on any atom is 0.124 e. The zero-order chi connectivity index (χ0) is 11.5. The molecule has 1 aliphatic heterocycles. The summed E-state index contributed by atoms with van der Waals surface area (Å²) < 4.78 is 5.68. The topological polar surface area (TPSA) is 21.3 Å². The lowest BCUT2D eigenvalue weighted by Gasteiger charge is -2.27. The van der Waals surface area contributed by atoms with Crippen LogP contribution in [0.3, 0.4) is 0 Å². The van der Waals surface area contributed by atoms with Gasteiger partial charge in [-0.3, -0.25) is 0 Å². The molecule has 0 amide bonds. The van der Waals surface area contributed by atoms with E-state index >= 15 is 0 Å². The van der Waals surface area contributed by atoms with Crippen molar-refractivity contribution in [1.29, 1.82) is 0 Å². The number of hydrogen-bond donors (Lipinski definition) is 1. The lowest BCUT2D eigenvalue weighted by Crippen LogP contribution is -2.29. The lowest BCUT2D eigenvalue weighted by molar-refractivity contribution is 0.250. The second kappa shape index (κ2) is 4.88. The van der Waals surface area contributed by atoms with E-state index in [0.29, 0.717) is 12.0 Å². The Hall–Kier alpha value is -1.02. The molecule has 0 saturated carbocycles. The third-order valence-electron chi connectivity index (χ3n) is 2.98. The van der Waals surface area contributed by atoms with Gasteiger partial charge in [0.25, 0.3) is 0 Å². The Kier molecular flexibility index (Phi) is 3.49. The summed E-state index contributed by atoms with van der Waals surface area (Å²) in [6, 6.07) is 6.91. The summed E-state index contributed by atoms with van der Waals surface area (Å²) in [5.41, 5.74) is 2.63. The highest BCUT2D eigenvalue weighted by molar-refractivity contribution is 5.40. The van der Waals surface area contributed by atoms with Gasteiger partial charge in [0.05, 0.1) is 6.61 Å². The van der Waals surface area contributed by atoms with Gasteiger partial charge >= 0.3 is 0 Å². The van der Waals surface area contributed by atoms with Gasteiger partial charge in [0.1, 0.15) is 5.75 Å². The van der Waals surface area contributed by atoms with E-state index in [-0.39, 0.29) is 0 Å². The van der Waals surface area contributed by atoms with E-state index in [9.17, 15) is 0 Å². The first-order valence-corrected chi connectivity index (χ1v) is 6.13. The van der Waals surface area contributed by atoms with Crippen LogP contribution in [0.5, 0.6) is 5.75 Å². The van der Waals surface area contributed by atoms with E-state index in [1.165, 1.54) is 11.1 Å². The maximum atomic E-state index is 5.68. The second-order valence-corrected chi connectivity index (χ2v) is 5.03. The quantitative estimate of drug-likeness (QED) is 0.843. The van der Waals surface area contributed by atoms with E-state index in [4.69, 9.17) is 4.74 Å². The Labute approximate surface area is 98.0 Å². The average Bonchev–Trinajstić information content (AvgIpc) is 2.26. The predicted octanol–water partition coefficient (Wildman–Crippen LogP) is 3.06. The molecule has 1 aromatic rings. The Morgan fingerprint density at radius 3 is 3.00 bits per heavy atom. The first-order valence-electron chi connectivity index (χ1n) is 6.13. The fourth-order valence-corrected chi connectivity index (χ4v) is 2.10. The Morgan fingerprint density at radius 2 is 2.25 bits per heavy atom. The molecule has 2 heteroatoms. The summed E-state index contributed by atoms with van der Waals surface area (Å²) in [6.07, 6.45) is 1.07. The monoisotopic (exact) mass is 219 g/mol. The standard InChI is InChI=1S/C14H21NO/c1-10(2)9-15-13-6-7-16-14-5-4-11(3)8-12(13)14/h4-5,8,10,13,15H,6-7,9H2,1-3H3. The van der Waals surface area contributed by atoms with Crippen molar-refractivity contribution in [2.24, 2.45) is 5.92 Å². The summed E-state index contributed by atoms with van der Waals surface area (Å²) in [5, 5.41) is 3.62. The van der Waals surface area contributed by atoms with E-state index < -0.39 is 0 Å². The van der Waals surface area contributed by atoms with Gasteiger partial charge < -0.3 is 10.1 Å². The molecular weight excluding hydrogens is 198 g/mol. The van der Waals surface area contributed by atoms with Gasteiger partial charge in [0.15, 0.2) is 0 Å². The first-order chi connectivity index (χ1) is 7.66. The van der Waals surface area contributed by atoms with Crippen molar-refractivity contribution in [1.82, 2.24) is 5.32 Å². The van der Waals surface area contributed by atoms with Crippen molar-refractivity contribution >= 4 is 0 Å². The van der Waals surface area contributed by atoms with Crippen LogP contribution in [0, 0.1) is 12.8 Å². The summed E-state index contributed by atoms with van der Waals surface area (Å²) in [7, 11) is 0. The van der Waals surface area contributed by atoms with E-state index in [1.54, 1.807) is 0 Å². The Bertz CT molecular complexity index is 360. The summed E-state index contributed by atoms with van der Waals surface area (Å²) >= 11 is 0. The van der Waals surface area contributed by atoms with Crippen molar-refractivity contribution < 1.29 is 4.74 Å². The molecular formula is C14H21NO. The third-order valence-corrected chi connectivity index (χ3v) is 2.98. The highest BCUT2D eigenvalue weighted by Crippen LogP contribution is 2.32. The average molecular weight is 219 g/mol.